The molecule has 1 aromatic heterocycles. The van der Waals surface area contributed by atoms with Crippen molar-refractivity contribution >= 4 is 60.3 Å². The Kier molecular flexibility index (Phi) is 5.88. The molecule has 1 fully saturated rings. The fraction of sp³-hybridized carbons (Fsp3) is 0.308. The fourth-order valence-electron chi connectivity index (χ4n) is 1.91. The van der Waals surface area contributed by atoms with Gasteiger partial charge in [-0.05, 0) is 0 Å². The van der Waals surface area contributed by atoms with Crippen LogP contribution < -0.4 is 21.1 Å². The molecule has 0 aliphatic carbocycles. The SMILES string of the molecule is Nc1nc(N)nc(Nc2ccc([As]3SCCOCCS3)cc2)n1. The first-order chi connectivity index (χ1) is 11.2. The number of nitrogens with zero attached hydrogens (tertiary/aromatic N) is 3. The van der Waals surface area contributed by atoms with Gasteiger partial charge in [-0.2, -0.15) is 0 Å². The third-order valence-corrected chi connectivity index (χ3v) is 16.3. The summed E-state index contributed by atoms with van der Waals surface area (Å²) in [4.78, 5) is 11.8. The van der Waals surface area contributed by atoms with E-state index in [0.29, 0.717) is 5.95 Å². The van der Waals surface area contributed by atoms with Crippen molar-refractivity contribution in [1.29, 1.82) is 0 Å². The number of nitrogens with two attached hydrogens (primary N) is 2. The molecule has 1 aromatic carbocycles. The van der Waals surface area contributed by atoms with E-state index in [1.54, 1.807) is 0 Å². The van der Waals surface area contributed by atoms with Gasteiger partial charge in [0.15, 0.2) is 0 Å². The average molecular weight is 412 g/mol. The topological polar surface area (TPSA) is 112 Å². The monoisotopic (exact) mass is 412 g/mol. The second-order valence-corrected chi connectivity index (χ2v) is 16.3. The minimum absolute atomic E-state index is 0.105. The normalized spacial score (nSPS) is 16.5. The van der Waals surface area contributed by atoms with Crippen LogP contribution in [0.2, 0.25) is 0 Å². The molecule has 0 spiro atoms. The molecular formula is C13H17AsN6OS2. The molecule has 10 heteroatoms. The molecule has 122 valence electrons. The summed E-state index contributed by atoms with van der Waals surface area (Å²) < 4.78 is 6.94. The molecule has 1 saturated heterocycles. The van der Waals surface area contributed by atoms with Crippen LogP contribution in [0.25, 0.3) is 0 Å². The summed E-state index contributed by atoms with van der Waals surface area (Å²) in [6.45, 7) is 1.72. The van der Waals surface area contributed by atoms with Gasteiger partial charge >= 0.3 is 146 Å². The van der Waals surface area contributed by atoms with Crippen LogP contribution in [0.5, 0.6) is 0 Å². The van der Waals surface area contributed by atoms with E-state index < -0.39 is 12.3 Å². The van der Waals surface area contributed by atoms with Crippen molar-refractivity contribution in [3.8, 4) is 0 Å². The maximum absolute atomic E-state index is 5.57. The zero-order valence-electron chi connectivity index (χ0n) is 12.3. The quantitative estimate of drug-likeness (QED) is 0.635. The number of rotatable bonds is 3. The number of ether oxygens (including phenoxy) is 1. The Morgan fingerprint density at radius 1 is 0.957 bits per heavy atom. The molecule has 1 aliphatic rings. The Bertz CT molecular complexity index is 631. The molecular weight excluding hydrogens is 395 g/mol. The van der Waals surface area contributed by atoms with Crippen LogP contribution in [-0.2, 0) is 4.74 Å². The number of anilines is 4. The van der Waals surface area contributed by atoms with Crippen molar-refractivity contribution in [1.82, 2.24) is 15.0 Å². The molecule has 1 aliphatic heterocycles. The van der Waals surface area contributed by atoms with Gasteiger partial charge in [0.2, 0.25) is 0 Å². The molecule has 2 aromatic rings. The van der Waals surface area contributed by atoms with Gasteiger partial charge in [0, 0.05) is 0 Å². The Hall–Kier alpha value is -1.15. The van der Waals surface area contributed by atoms with Crippen LogP contribution in [-0.4, -0.2) is 52.0 Å². The van der Waals surface area contributed by atoms with E-state index in [1.807, 2.05) is 12.1 Å². The van der Waals surface area contributed by atoms with E-state index in [4.69, 9.17) is 16.2 Å². The number of aromatic nitrogens is 3. The number of hydrogen-bond donors (Lipinski definition) is 3. The maximum atomic E-state index is 5.57. The molecule has 5 N–H and O–H groups in total. The zero-order valence-corrected chi connectivity index (χ0v) is 15.8. The Morgan fingerprint density at radius 2 is 1.57 bits per heavy atom. The summed E-state index contributed by atoms with van der Waals surface area (Å²) in [7, 11) is 4.12. The van der Waals surface area contributed by atoms with E-state index in [1.165, 1.54) is 4.35 Å². The van der Waals surface area contributed by atoms with Gasteiger partial charge in [-0.3, -0.25) is 0 Å². The molecule has 0 unspecified atom stereocenters. The summed E-state index contributed by atoms with van der Waals surface area (Å²) in [6.07, 6.45) is 0. The van der Waals surface area contributed by atoms with E-state index in [0.717, 1.165) is 30.4 Å². The predicted molar refractivity (Wildman–Crippen MR) is 99.5 cm³/mol. The van der Waals surface area contributed by atoms with Gasteiger partial charge in [-0.1, -0.05) is 0 Å². The van der Waals surface area contributed by atoms with E-state index in [9.17, 15) is 0 Å². The molecule has 0 saturated carbocycles. The fourth-order valence-corrected chi connectivity index (χ4v) is 13.9. The van der Waals surface area contributed by atoms with Crippen LogP contribution in [0.4, 0.5) is 23.5 Å². The molecule has 0 bridgehead atoms. The van der Waals surface area contributed by atoms with Gasteiger partial charge in [0.1, 0.15) is 0 Å². The van der Waals surface area contributed by atoms with E-state index in [-0.39, 0.29) is 11.9 Å². The van der Waals surface area contributed by atoms with Crippen molar-refractivity contribution in [3.63, 3.8) is 0 Å². The van der Waals surface area contributed by atoms with Crippen LogP contribution in [0, 0.1) is 0 Å². The first-order valence-electron chi connectivity index (χ1n) is 6.98. The zero-order chi connectivity index (χ0) is 16.1. The third-order valence-electron chi connectivity index (χ3n) is 2.88. The van der Waals surface area contributed by atoms with E-state index >= 15 is 0 Å². The summed E-state index contributed by atoms with van der Waals surface area (Å²) in [5, 5.41) is 3.10. The second-order valence-electron chi connectivity index (χ2n) is 4.58. The Labute approximate surface area is 145 Å². The molecule has 23 heavy (non-hydrogen) atoms. The van der Waals surface area contributed by atoms with Crippen molar-refractivity contribution in [2.24, 2.45) is 0 Å². The molecule has 7 nitrogen and oxygen atoms in total. The Balaban J connectivity index is 1.68. The number of nitrogens with one attached hydrogen (secondary N) is 1. The second kappa shape index (κ2) is 8.10. The van der Waals surface area contributed by atoms with Crippen LogP contribution in [0.15, 0.2) is 24.3 Å². The molecule has 0 radical (unpaired) electrons. The van der Waals surface area contributed by atoms with Crippen LogP contribution in [0.3, 0.4) is 0 Å². The third kappa shape index (κ3) is 4.91. The summed E-state index contributed by atoms with van der Waals surface area (Å²) in [5.41, 5.74) is 12.0. The molecule has 2 heterocycles. The first kappa shape index (κ1) is 16.7. The first-order valence-corrected chi connectivity index (χ1v) is 14.4. The standard InChI is InChI=1S/C13H17AsN6OS2/c15-11-18-12(16)20-13(19-11)17-10-3-1-9(2-4-10)14-22-7-5-21-6-8-23-14/h1-4H,5-8H2,(H5,15,16,17,18,19,20). The molecule has 3 rings (SSSR count). The van der Waals surface area contributed by atoms with Crippen molar-refractivity contribution < 1.29 is 4.74 Å². The average Bonchev–Trinajstić information content (AvgIpc) is 2.47. The Morgan fingerprint density at radius 3 is 2.17 bits per heavy atom. The summed E-state index contributed by atoms with van der Waals surface area (Å²) >= 11 is -1.11. The predicted octanol–water partition coefficient (Wildman–Crippen LogP) is 0.971. The number of hydrogen-bond acceptors (Lipinski definition) is 9. The van der Waals surface area contributed by atoms with Crippen molar-refractivity contribution in [3.05, 3.63) is 24.3 Å². The summed E-state index contributed by atoms with van der Waals surface area (Å²) in [5.74, 6) is 2.72. The van der Waals surface area contributed by atoms with Crippen molar-refractivity contribution in [2.45, 2.75) is 0 Å². The number of benzene rings is 1. The van der Waals surface area contributed by atoms with Gasteiger partial charge in [0.25, 0.3) is 0 Å². The van der Waals surface area contributed by atoms with E-state index in [2.05, 4.69) is 52.5 Å². The summed E-state index contributed by atoms with van der Waals surface area (Å²) in [6, 6.07) is 8.44. The van der Waals surface area contributed by atoms with Crippen LogP contribution in [0.1, 0.15) is 0 Å². The van der Waals surface area contributed by atoms with Gasteiger partial charge in [-0.25, -0.2) is 0 Å². The number of nitrogen functional groups attached to an aromatic ring is 2. The molecule has 0 atom stereocenters. The van der Waals surface area contributed by atoms with Crippen LogP contribution >= 0.6 is 20.0 Å². The molecule has 0 amide bonds. The minimum atomic E-state index is -1.11. The van der Waals surface area contributed by atoms with Gasteiger partial charge in [-0.15, -0.1) is 0 Å². The van der Waals surface area contributed by atoms with Crippen molar-refractivity contribution in [2.75, 3.05) is 41.5 Å². The van der Waals surface area contributed by atoms with Gasteiger partial charge < -0.3 is 0 Å². The van der Waals surface area contributed by atoms with Gasteiger partial charge in [0.05, 0.1) is 0 Å².